The fourth-order valence-corrected chi connectivity index (χ4v) is 2.48. The molecule has 1 aliphatic rings. The van der Waals surface area contributed by atoms with Crippen LogP contribution in [0.25, 0.3) is 0 Å². The van der Waals surface area contributed by atoms with Gasteiger partial charge in [-0.3, -0.25) is 4.99 Å². The Bertz CT molecular complexity index is 334. The minimum atomic E-state index is 0. The normalized spacial score (nSPS) is 25.4. The van der Waals surface area contributed by atoms with Crippen LogP contribution in [0.3, 0.4) is 0 Å². The van der Waals surface area contributed by atoms with Crippen LogP contribution in [0.5, 0.6) is 0 Å². The van der Waals surface area contributed by atoms with Crippen molar-refractivity contribution in [2.45, 2.75) is 51.0 Å². The van der Waals surface area contributed by atoms with E-state index in [0.717, 1.165) is 18.9 Å². The summed E-state index contributed by atoms with van der Waals surface area (Å²) in [5.74, 6) is 0.884. The number of thioether (sulfide) groups is 1. The molecule has 0 amide bonds. The van der Waals surface area contributed by atoms with Gasteiger partial charge in [0.2, 0.25) is 0 Å². The summed E-state index contributed by atoms with van der Waals surface area (Å²) in [6.45, 7) is 9.83. The van der Waals surface area contributed by atoms with Crippen molar-refractivity contribution in [2.24, 2.45) is 10.4 Å². The maximum absolute atomic E-state index is 5.47. The maximum Gasteiger partial charge on any atom is 0.191 e. The third-order valence-electron chi connectivity index (χ3n) is 4.23. The van der Waals surface area contributed by atoms with E-state index in [1.165, 1.54) is 0 Å². The highest BCUT2D eigenvalue weighted by Crippen LogP contribution is 2.42. The Labute approximate surface area is 145 Å². The van der Waals surface area contributed by atoms with Crippen LogP contribution in [0.4, 0.5) is 0 Å². The first kappa shape index (κ1) is 20.3. The molecule has 0 saturated heterocycles. The summed E-state index contributed by atoms with van der Waals surface area (Å²) < 4.78 is 5.69. The molecular formula is C14H30IN3OS. The second-order valence-electron chi connectivity index (χ2n) is 6.37. The average molecular weight is 415 g/mol. The largest absolute Gasteiger partial charge is 0.381 e. The molecule has 2 N–H and O–H groups in total. The number of nitrogens with zero attached hydrogens (tertiary/aromatic N) is 1. The van der Waals surface area contributed by atoms with Gasteiger partial charge in [-0.2, -0.15) is 11.8 Å². The van der Waals surface area contributed by atoms with Crippen LogP contribution in [0.1, 0.15) is 34.1 Å². The van der Waals surface area contributed by atoms with Crippen molar-refractivity contribution in [3.8, 4) is 0 Å². The first-order chi connectivity index (χ1) is 8.76. The van der Waals surface area contributed by atoms with Crippen LogP contribution in [-0.2, 0) is 4.74 Å². The molecule has 20 heavy (non-hydrogen) atoms. The van der Waals surface area contributed by atoms with E-state index in [1.54, 1.807) is 7.11 Å². The summed E-state index contributed by atoms with van der Waals surface area (Å²) in [6.07, 6.45) is 3.51. The fraction of sp³-hybridized carbons (Fsp3) is 0.929. The van der Waals surface area contributed by atoms with E-state index < -0.39 is 0 Å². The Morgan fingerprint density at radius 2 is 2.05 bits per heavy atom. The van der Waals surface area contributed by atoms with Gasteiger partial charge >= 0.3 is 0 Å². The number of ether oxygens (including phenoxy) is 1. The van der Waals surface area contributed by atoms with Gasteiger partial charge in [0.05, 0.1) is 6.10 Å². The minimum absolute atomic E-state index is 0. The topological polar surface area (TPSA) is 45.7 Å². The molecule has 0 aromatic carbocycles. The van der Waals surface area contributed by atoms with Crippen molar-refractivity contribution in [2.75, 3.05) is 27.0 Å². The number of halogens is 1. The van der Waals surface area contributed by atoms with Crippen molar-refractivity contribution in [1.29, 1.82) is 0 Å². The molecule has 120 valence electrons. The highest BCUT2D eigenvalue weighted by Gasteiger charge is 2.48. The third-order valence-corrected chi connectivity index (χ3v) is 5.48. The summed E-state index contributed by atoms with van der Waals surface area (Å²) in [6, 6.07) is 0.418. The van der Waals surface area contributed by atoms with Gasteiger partial charge in [0.25, 0.3) is 0 Å². The maximum atomic E-state index is 5.47. The SMILES string of the molecule is CN=C(NCC(C)(C)SC)NC1CC(OC)C1(C)C.I. The number of aliphatic imine (C=N–C) groups is 1. The Morgan fingerprint density at radius 1 is 1.45 bits per heavy atom. The van der Waals surface area contributed by atoms with Crippen LogP contribution in [0, 0.1) is 5.41 Å². The van der Waals surface area contributed by atoms with Crippen LogP contribution < -0.4 is 10.6 Å². The van der Waals surface area contributed by atoms with E-state index in [4.69, 9.17) is 4.74 Å². The number of hydrogen-bond acceptors (Lipinski definition) is 3. The van der Waals surface area contributed by atoms with Gasteiger partial charge in [0, 0.05) is 36.9 Å². The molecule has 1 fully saturated rings. The van der Waals surface area contributed by atoms with E-state index >= 15 is 0 Å². The summed E-state index contributed by atoms with van der Waals surface area (Å²) >= 11 is 1.86. The molecule has 0 aromatic heterocycles. The minimum Gasteiger partial charge on any atom is -0.381 e. The predicted octanol–water partition coefficient (Wildman–Crippen LogP) is 2.72. The summed E-state index contributed by atoms with van der Waals surface area (Å²) in [5, 5.41) is 6.91. The zero-order valence-electron chi connectivity index (χ0n) is 13.7. The average Bonchev–Trinajstić information content (AvgIpc) is 2.37. The van der Waals surface area contributed by atoms with E-state index in [2.05, 4.69) is 49.6 Å². The molecule has 4 nitrogen and oxygen atoms in total. The molecule has 1 saturated carbocycles. The molecule has 0 aromatic rings. The van der Waals surface area contributed by atoms with Gasteiger partial charge in [-0.15, -0.1) is 24.0 Å². The standard InChI is InChI=1S/C14H29N3OS.HI/c1-13(2,19-7)9-16-12(15-5)17-10-8-11(18-6)14(10,3)4;/h10-11H,8-9H2,1-7H3,(H2,15,16,17);1H. The number of nitrogens with one attached hydrogen (secondary N) is 2. The van der Waals surface area contributed by atoms with E-state index in [0.29, 0.717) is 12.1 Å². The number of rotatable bonds is 5. The van der Waals surface area contributed by atoms with Crippen molar-refractivity contribution in [3.63, 3.8) is 0 Å². The molecule has 0 bridgehead atoms. The predicted molar refractivity (Wildman–Crippen MR) is 100 cm³/mol. The number of hydrogen-bond donors (Lipinski definition) is 2. The van der Waals surface area contributed by atoms with Crippen LogP contribution in [0.2, 0.25) is 0 Å². The van der Waals surface area contributed by atoms with Crippen molar-refractivity contribution in [1.82, 2.24) is 10.6 Å². The monoisotopic (exact) mass is 415 g/mol. The zero-order chi connectivity index (χ0) is 14.7. The molecule has 0 heterocycles. The molecular weight excluding hydrogens is 385 g/mol. The van der Waals surface area contributed by atoms with Crippen molar-refractivity contribution >= 4 is 41.7 Å². The Balaban J connectivity index is 0.00000361. The van der Waals surface area contributed by atoms with Crippen LogP contribution in [0.15, 0.2) is 4.99 Å². The van der Waals surface area contributed by atoms with Crippen molar-refractivity contribution < 1.29 is 4.74 Å². The van der Waals surface area contributed by atoms with Gasteiger partial charge < -0.3 is 15.4 Å². The Morgan fingerprint density at radius 3 is 2.45 bits per heavy atom. The highest BCUT2D eigenvalue weighted by atomic mass is 127. The molecule has 0 aliphatic heterocycles. The molecule has 1 rings (SSSR count). The first-order valence-electron chi connectivity index (χ1n) is 6.82. The quantitative estimate of drug-likeness (QED) is 0.412. The fourth-order valence-electron chi connectivity index (χ4n) is 2.26. The van der Waals surface area contributed by atoms with Gasteiger partial charge in [0.15, 0.2) is 5.96 Å². The third kappa shape index (κ3) is 4.94. The lowest BCUT2D eigenvalue weighted by Gasteiger charge is -2.51. The Hall–Kier alpha value is 0.310. The second kappa shape index (κ2) is 8.08. The molecule has 1 aliphatic carbocycles. The van der Waals surface area contributed by atoms with E-state index in [9.17, 15) is 0 Å². The van der Waals surface area contributed by atoms with Crippen LogP contribution in [-0.4, -0.2) is 49.8 Å². The van der Waals surface area contributed by atoms with Gasteiger partial charge in [-0.25, -0.2) is 0 Å². The lowest BCUT2D eigenvalue weighted by molar-refractivity contribution is -0.0922. The zero-order valence-corrected chi connectivity index (χ0v) is 16.9. The summed E-state index contributed by atoms with van der Waals surface area (Å²) in [7, 11) is 3.61. The molecule has 2 atom stereocenters. The lowest BCUT2D eigenvalue weighted by atomic mass is 9.64. The summed E-state index contributed by atoms with van der Waals surface area (Å²) in [5.41, 5.74) is 0.154. The van der Waals surface area contributed by atoms with Crippen molar-refractivity contribution in [3.05, 3.63) is 0 Å². The number of guanidine groups is 1. The highest BCUT2D eigenvalue weighted by molar-refractivity contribution is 14.0. The smallest absolute Gasteiger partial charge is 0.191 e. The van der Waals surface area contributed by atoms with Gasteiger partial charge in [0.1, 0.15) is 0 Å². The first-order valence-corrected chi connectivity index (χ1v) is 8.04. The van der Waals surface area contributed by atoms with Crippen LogP contribution >= 0.6 is 35.7 Å². The Kier molecular flexibility index (Phi) is 8.20. The summed E-state index contributed by atoms with van der Waals surface area (Å²) in [4.78, 5) is 4.31. The van der Waals surface area contributed by atoms with Gasteiger partial charge in [-0.05, 0) is 26.5 Å². The molecule has 0 radical (unpaired) electrons. The molecule has 2 unspecified atom stereocenters. The lowest BCUT2D eigenvalue weighted by Crippen LogP contribution is -2.63. The van der Waals surface area contributed by atoms with E-state index in [1.807, 2.05) is 18.8 Å². The number of methoxy groups -OCH3 is 1. The van der Waals surface area contributed by atoms with E-state index in [-0.39, 0.29) is 34.1 Å². The van der Waals surface area contributed by atoms with Gasteiger partial charge in [-0.1, -0.05) is 13.8 Å². The second-order valence-corrected chi connectivity index (χ2v) is 7.88. The molecule has 0 spiro atoms. The molecule has 6 heteroatoms.